The molecule has 2 spiro atoms. The molecule has 26 rings (SSSR count). The van der Waals surface area contributed by atoms with Crippen molar-refractivity contribution in [1.82, 2.24) is 13.7 Å². The molecule has 0 bridgehead atoms. The Morgan fingerprint density at radius 3 is 0.881 bits per heavy atom. The van der Waals surface area contributed by atoms with Crippen LogP contribution in [0.25, 0.3) is 127 Å². The number of rotatable bonds is 5. The van der Waals surface area contributed by atoms with Gasteiger partial charge in [0.05, 0.1) is 61.0 Å². The normalized spacial score (nSPS) is 14.6. The summed E-state index contributed by atoms with van der Waals surface area (Å²) in [5, 5.41) is 7.42. The first-order valence-electron chi connectivity index (χ1n) is 45.2. The Morgan fingerprint density at radius 2 is 0.500 bits per heavy atom. The van der Waals surface area contributed by atoms with Crippen LogP contribution in [-0.4, -0.2) is 20.4 Å². The van der Waals surface area contributed by atoms with Crippen LogP contribution in [0.1, 0.15) is 150 Å². The van der Waals surface area contributed by atoms with Gasteiger partial charge in [0, 0.05) is 77.6 Å². The number of benzene rings is 17. The maximum absolute atomic E-state index is 2.78. The standard InChI is InChI=1S/C120H94BN5/c1-115(2,3)71-53-61-102-88(63-71)89-64-72(116(4,5)6)54-62-103(89)124(102)77-69-110-114-111(70-77)126(105-50-30-46-97-113(105)87-38-18-26-44-95(87)120(97)92-41-23-15-33-80(92)81-34-16-24-42-93(81)120)109-68-76(123-101-48-28-20-36-83(101)85-58-52-74(66-107(85)123)118(10,11)12)56-60-99(109)121(114)98-59-55-75(122-100-47-27-19-35-82(100)84-57-51-73(65-106(84)122)117(7,8)9)67-108(98)125(110)104-49-29-45-96-112(104)86-37-17-25-43-94(86)119(96)90-39-21-13-31-78(90)79-32-14-22-40-91(79)119/h13-70H,1-12H3. The number of para-hydroxylation sites is 2. The molecule has 0 fully saturated rings. The zero-order valence-corrected chi connectivity index (χ0v) is 73.3. The summed E-state index contributed by atoms with van der Waals surface area (Å²) in [6, 6.07) is 139. The number of fused-ring (bicyclic) bond motifs is 33. The fraction of sp³-hybridized carbons (Fsp3) is 0.150. The summed E-state index contributed by atoms with van der Waals surface area (Å²) < 4.78 is 7.82. The highest BCUT2D eigenvalue weighted by Gasteiger charge is 2.56. The SMILES string of the molecule is CC(C)(C)c1ccc2c(c1)c1cc(C(C)(C)C)ccc1n2-c1cc2c3c(c1)N(c1cccc4c1-c1ccccc1C41c4ccccc4-c4ccccc41)c1cc(-n4c5ccccc5c5ccc(C(C)(C)C)cc54)ccc1B3c1ccc(-n3c4ccccc4c4ccc(C(C)(C)C)cc43)cc1N2c1cccc2c1-c1ccccc1C21c2ccccc2-c2ccccc21. The van der Waals surface area contributed by atoms with Gasteiger partial charge in [0.2, 0.25) is 0 Å². The van der Waals surface area contributed by atoms with E-state index in [2.05, 4.69) is 458 Å². The number of nitrogens with zero attached hydrogens (tertiary/aromatic N) is 5. The Hall–Kier alpha value is -14.2. The van der Waals surface area contributed by atoms with Crippen LogP contribution < -0.4 is 26.2 Å². The maximum atomic E-state index is 2.78. The molecule has 0 amide bonds. The van der Waals surface area contributed by atoms with Crippen LogP contribution in [0.5, 0.6) is 0 Å². The first kappa shape index (κ1) is 73.3. The molecule has 6 aliphatic rings. The molecule has 5 nitrogen and oxygen atoms in total. The second kappa shape index (κ2) is 25.3. The van der Waals surface area contributed by atoms with E-state index in [9.17, 15) is 0 Å². The first-order valence-corrected chi connectivity index (χ1v) is 45.2. The minimum absolute atomic E-state index is 0.111. The lowest BCUT2D eigenvalue weighted by Gasteiger charge is -2.45. The molecule has 20 aromatic rings. The smallest absolute Gasteiger partial charge is 0.252 e. The third-order valence-corrected chi connectivity index (χ3v) is 29.9. The highest BCUT2D eigenvalue weighted by atomic mass is 15.2. The Balaban J connectivity index is 0.848. The van der Waals surface area contributed by atoms with Crippen LogP contribution in [0.4, 0.5) is 34.1 Å². The van der Waals surface area contributed by atoms with Gasteiger partial charge >= 0.3 is 0 Å². The minimum atomic E-state index is -0.631. The second-order valence-corrected chi connectivity index (χ2v) is 40.6. The molecule has 0 radical (unpaired) electrons. The van der Waals surface area contributed by atoms with Gasteiger partial charge in [-0.25, -0.2) is 0 Å². The van der Waals surface area contributed by atoms with Gasteiger partial charge in [-0.15, -0.1) is 0 Å². The fourth-order valence-corrected chi connectivity index (χ4v) is 24.2. The Labute approximate surface area is 736 Å². The van der Waals surface area contributed by atoms with Crippen LogP contribution >= 0.6 is 0 Å². The van der Waals surface area contributed by atoms with Crippen molar-refractivity contribution >= 4 is 123 Å². The molecule has 0 saturated carbocycles. The monoisotopic (exact) mass is 1620 g/mol. The molecule has 0 N–H and O–H groups in total. The van der Waals surface area contributed by atoms with Gasteiger partial charge in [-0.1, -0.05) is 338 Å². The molecule has 602 valence electrons. The van der Waals surface area contributed by atoms with E-state index in [1.165, 1.54) is 182 Å². The molecular formula is C120H94BN5. The topological polar surface area (TPSA) is 21.3 Å². The lowest BCUT2D eigenvalue weighted by atomic mass is 9.33. The highest BCUT2D eigenvalue weighted by molar-refractivity contribution is 7.00. The number of anilines is 6. The zero-order valence-electron chi connectivity index (χ0n) is 73.3. The van der Waals surface area contributed by atoms with Crippen LogP contribution in [0.15, 0.2) is 352 Å². The van der Waals surface area contributed by atoms with Crippen molar-refractivity contribution in [3.8, 4) is 61.6 Å². The molecule has 3 aromatic heterocycles. The van der Waals surface area contributed by atoms with Crippen molar-refractivity contribution in [2.24, 2.45) is 0 Å². The van der Waals surface area contributed by atoms with E-state index in [1.807, 2.05) is 0 Å². The van der Waals surface area contributed by atoms with Crippen LogP contribution in [0.2, 0.25) is 0 Å². The van der Waals surface area contributed by atoms with Gasteiger partial charge in [-0.3, -0.25) is 0 Å². The summed E-state index contributed by atoms with van der Waals surface area (Å²) >= 11 is 0. The van der Waals surface area contributed by atoms with E-state index < -0.39 is 10.8 Å². The average Bonchev–Trinajstić information content (AvgIpc) is 1.57. The number of hydrogen-bond donors (Lipinski definition) is 0. The molecule has 2 aliphatic heterocycles. The molecule has 126 heavy (non-hydrogen) atoms. The number of hydrogen-bond acceptors (Lipinski definition) is 2. The van der Waals surface area contributed by atoms with E-state index in [4.69, 9.17) is 0 Å². The second-order valence-electron chi connectivity index (χ2n) is 40.6. The van der Waals surface area contributed by atoms with Gasteiger partial charge in [0.1, 0.15) is 0 Å². The average molecular weight is 1620 g/mol. The van der Waals surface area contributed by atoms with Crippen molar-refractivity contribution in [2.45, 2.75) is 116 Å². The Bertz CT molecular complexity index is 7680. The minimum Gasteiger partial charge on any atom is -0.311 e. The van der Waals surface area contributed by atoms with E-state index in [-0.39, 0.29) is 28.4 Å². The molecule has 0 atom stereocenters. The van der Waals surface area contributed by atoms with Crippen LogP contribution in [0.3, 0.4) is 0 Å². The summed E-state index contributed by atoms with van der Waals surface area (Å²) in [6.45, 7) is 27.9. The molecule has 6 heteroatoms. The van der Waals surface area contributed by atoms with E-state index in [0.717, 1.165) is 62.2 Å². The lowest BCUT2D eigenvalue weighted by Crippen LogP contribution is -2.61. The van der Waals surface area contributed by atoms with Crippen molar-refractivity contribution in [3.63, 3.8) is 0 Å². The summed E-state index contributed by atoms with van der Waals surface area (Å²) in [5.41, 5.74) is 44.8. The molecule has 0 unspecified atom stereocenters. The van der Waals surface area contributed by atoms with Crippen LogP contribution in [-0.2, 0) is 32.5 Å². The first-order chi connectivity index (χ1) is 61.1. The summed E-state index contributed by atoms with van der Waals surface area (Å²) in [6.07, 6.45) is 0. The quantitative estimate of drug-likeness (QED) is 0.160. The van der Waals surface area contributed by atoms with E-state index in [0.29, 0.717) is 0 Å². The Kier molecular flexibility index (Phi) is 14.7. The van der Waals surface area contributed by atoms with Gasteiger partial charge in [-0.05, 0) is 235 Å². The predicted octanol–water partition coefficient (Wildman–Crippen LogP) is 28.9. The van der Waals surface area contributed by atoms with Gasteiger partial charge in [0.25, 0.3) is 6.71 Å². The van der Waals surface area contributed by atoms with Crippen molar-refractivity contribution in [2.75, 3.05) is 9.80 Å². The van der Waals surface area contributed by atoms with Gasteiger partial charge < -0.3 is 23.5 Å². The van der Waals surface area contributed by atoms with Crippen molar-refractivity contribution < 1.29 is 0 Å². The number of aromatic nitrogens is 3. The molecule has 0 saturated heterocycles. The van der Waals surface area contributed by atoms with Crippen molar-refractivity contribution in [1.29, 1.82) is 0 Å². The predicted molar refractivity (Wildman–Crippen MR) is 531 cm³/mol. The molecule has 17 aromatic carbocycles. The zero-order chi connectivity index (χ0) is 84.9. The van der Waals surface area contributed by atoms with Crippen LogP contribution in [0, 0.1) is 0 Å². The van der Waals surface area contributed by atoms with Crippen molar-refractivity contribution in [3.05, 3.63) is 419 Å². The summed E-state index contributed by atoms with van der Waals surface area (Å²) in [5.74, 6) is 0. The van der Waals surface area contributed by atoms with E-state index in [1.54, 1.807) is 0 Å². The third-order valence-electron chi connectivity index (χ3n) is 29.9. The summed E-state index contributed by atoms with van der Waals surface area (Å²) in [7, 11) is 0. The molecule has 5 heterocycles. The summed E-state index contributed by atoms with van der Waals surface area (Å²) in [4.78, 5) is 5.57. The fourth-order valence-electron chi connectivity index (χ4n) is 24.2. The Morgan fingerprint density at radius 1 is 0.206 bits per heavy atom. The van der Waals surface area contributed by atoms with Gasteiger partial charge in [-0.2, -0.15) is 0 Å². The lowest BCUT2D eigenvalue weighted by molar-refractivity contribution is 0.590. The largest absolute Gasteiger partial charge is 0.311 e. The third kappa shape index (κ3) is 9.61. The van der Waals surface area contributed by atoms with E-state index >= 15 is 0 Å². The van der Waals surface area contributed by atoms with Gasteiger partial charge in [0.15, 0.2) is 0 Å². The molecular weight excluding hydrogens is 1520 g/mol. The molecule has 4 aliphatic carbocycles. The highest BCUT2D eigenvalue weighted by Crippen LogP contribution is 2.68. The maximum Gasteiger partial charge on any atom is 0.252 e.